The van der Waals surface area contributed by atoms with Crippen molar-refractivity contribution in [2.24, 2.45) is 5.92 Å². The summed E-state index contributed by atoms with van der Waals surface area (Å²) < 4.78 is 0. The van der Waals surface area contributed by atoms with Crippen molar-refractivity contribution in [1.29, 1.82) is 0 Å². The molecule has 0 radical (unpaired) electrons. The van der Waals surface area contributed by atoms with Gasteiger partial charge in [0.2, 0.25) is 5.91 Å². The maximum atomic E-state index is 11.7. The van der Waals surface area contributed by atoms with Gasteiger partial charge in [-0.1, -0.05) is 36.8 Å². The Morgan fingerprint density at radius 2 is 1.88 bits per heavy atom. The lowest BCUT2D eigenvalue weighted by Gasteiger charge is -2.11. The van der Waals surface area contributed by atoms with Crippen LogP contribution >= 0.6 is 0 Å². The molecule has 0 aromatic heterocycles. The Labute approximate surface area is 104 Å². The van der Waals surface area contributed by atoms with Crippen molar-refractivity contribution in [3.05, 3.63) is 35.4 Å². The second-order valence-corrected chi connectivity index (χ2v) is 4.63. The second-order valence-electron chi connectivity index (χ2n) is 4.63. The van der Waals surface area contributed by atoms with E-state index in [0.717, 1.165) is 18.7 Å². The monoisotopic (exact) mass is 234 g/mol. The molecule has 0 aliphatic rings. The number of benzene rings is 1. The molecule has 0 saturated carbocycles. The van der Waals surface area contributed by atoms with E-state index in [1.165, 1.54) is 5.56 Å². The maximum absolute atomic E-state index is 11.7. The summed E-state index contributed by atoms with van der Waals surface area (Å²) in [6.07, 6.45) is 0.465. The molecule has 0 saturated heterocycles. The topological polar surface area (TPSA) is 41.1 Å². The predicted octanol–water partition coefficient (Wildman–Crippen LogP) is 1.51. The van der Waals surface area contributed by atoms with Crippen LogP contribution in [0, 0.1) is 12.8 Å². The lowest BCUT2D eigenvalue weighted by molar-refractivity contribution is -0.120. The Kier molecular flexibility index (Phi) is 5.70. The highest BCUT2D eigenvalue weighted by atomic mass is 16.1. The van der Waals surface area contributed by atoms with Crippen molar-refractivity contribution in [2.75, 3.05) is 20.1 Å². The van der Waals surface area contributed by atoms with Crippen molar-refractivity contribution in [3.8, 4) is 0 Å². The van der Waals surface area contributed by atoms with Crippen LogP contribution in [0.25, 0.3) is 0 Å². The Balaban J connectivity index is 2.32. The van der Waals surface area contributed by atoms with Crippen LogP contribution in [0.3, 0.4) is 0 Å². The fraction of sp³-hybridized carbons (Fsp3) is 0.500. The van der Waals surface area contributed by atoms with E-state index in [2.05, 4.69) is 17.6 Å². The van der Waals surface area contributed by atoms with Crippen LogP contribution in [0.2, 0.25) is 0 Å². The van der Waals surface area contributed by atoms with E-state index in [0.29, 0.717) is 12.3 Å². The Morgan fingerprint density at radius 1 is 1.24 bits per heavy atom. The molecule has 1 aromatic carbocycles. The van der Waals surface area contributed by atoms with Gasteiger partial charge in [0.05, 0.1) is 6.42 Å². The number of rotatable bonds is 6. The lowest BCUT2D eigenvalue weighted by atomic mass is 10.1. The fourth-order valence-corrected chi connectivity index (χ4v) is 1.66. The molecular formula is C14H22N2O. The quantitative estimate of drug-likeness (QED) is 0.783. The van der Waals surface area contributed by atoms with Crippen LogP contribution in [-0.2, 0) is 11.2 Å². The molecule has 1 unspecified atom stereocenters. The Hall–Kier alpha value is -1.35. The number of nitrogens with one attached hydrogen (secondary N) is 2. The van der Waals surface area contributed by atoms with Crippen LogP contribution < -0.4 is 10.6 Å². The van der Waals surface area contributed by atoms with Crippen LogP contribution in [0.15, 0.2) is 24.3 Å². The van der Waals surface area contributed by atoms with E-state index in [4.69, 9.17) is 0 Å². The molecule has 0 spiro atoms. The molecule has 0 heterocycles. The molecule has 0 aliphatic carbocycles. The van der Waals surface area contributed by atoms with Gasteiger partial charge in [-0.2, -0.15) is 0 Å². The van der Waals surface area contributed by atoms with Gasteiger partial charge in [-0.05, 0) is 32.0 Å². The molecule has 1 atom stereocenters. The third-order valence-corrected chi connectivity index (χ3v) is 2.69. The van der Waals surface area contributed by atoms with E-state index < -0.39 is 0 Å². The molecule has 94 valence electrons. The van der Waals surface area contributed by atoms with Crippen molar-refractivity contribution >= 4 is 5.91 Å². The number of aryl methyl sites for hydroxylation is 1. The first-order valence-electron chi connectivity index (χ1n) is 6.08. The van der Waals surface area contributed by atoms with E-state index in [-0.39, 0.29) is 5.91 Å². The molecule has 1 amide bonds. The van der Waals surface area contributed by atoms with Crippen molar-refractivity contribution < 1.29 is 4.79 Å². The minimum Gasteiger partial charge on any atom is -0.355 e. The van der Waals surface area contributed by atoms with Gasteiger partial charge in [0.25, 0.3) is 0 Å². The summed E-state index contributed by atoms with van der Waals surface area (Å²) in [5.74, 6) is 0.554. The van der Waals surface area contributed by atoms with E-state index in [9.17, 15) is 4.79 Å². The van der Waals surface area contributed by atoms with Gasteiger partial charge in [0.1, 0.15) is 0 Å². The van der Waals surface area contributed by atoms with Gasteiger partial charge in [-0.15, -0.1) is 0 Å². The van der Waals surface area contributed by atoms with Crippen molar-refractivity contribution in [3.63, 3.8) is 0 Å². The number of hydrogen-bond donors (Lipinski definition) is 2. The maximum Gasteiger partial charge on any atom is 0.224 e. The number of amides is 1. The summed E-state index contributed by atoms with van der Waals surface area (Å²) >= 11 is 0. The van der Waals surface area contributed by atoms with Gasteiger partial charge < -0.3 is 10.6 Å². The first-order chi connectivity index (χ1) is 8.11. The van der Waals surface area contributed by atoms with Crippen LogP contribution in [-0.4, -0.2) is 26.0 Å². The highest BCUT2D eigenvalue weighted by Gasteiger charge is 2.05. The molecule has 0 aliphatic heterocycles. The zero-order chi connectivity index (χ0) is 12.7. The molecule has 3 heteroatoms. The Morgan fingerprint density at radius 3 is 2.47 bits per heavy atom. The third kappa shape index (κ3) is 5.50. The number of carbonyl (C=O) groups is 1. The molecule has 1 rings (SSSR count). The highest BCUT2D eigenvalue weighted by molar-refractivity contribution is 5.78. The first kappa shape index (κ1) is 13.7. The van der Waals surface area contributed by atoms with Gasteiger partial charge in [0.15, 0.2) is 0 Å². The molecule has 0 bridgehead atoms. The van der Waals surface area contributed by atoms with Gasteiger partial charge in [-0.25, -0.2) is 0 Å². The predicted molar refractivity (Wildman–Crippen MR) is 71.0 cm³/mol. The Bertz CT molecular complexity index is 346. The largest absolute Gasteiger partial charge is 0.355 e. The van der Waals surface area contributed by atoms with Gasteiger partial charge in [0, 0.05) is 6.54 Å². The normalized spacial score (nSPS) is 12.2. The number of hydrogen-bond acceptors (Lipinski definition) is 2. The van der Waals surface area contributed by atoms with Crippen molar-refractivity contribution in [1.82, 2.24) is 10.6 Å². The molecule has 2 N–H and O–H groups in total. The third-order valence-electron chi connectivity index (χ3n) is 2.69. The summed E-state index contributed by atoms with van der Waals surface area (Å²) in [6.45, 7) is 5.81. The van der Waals surface area contributed by atoms with E-state index in [1.807, 2.05) is 38.2 Å². The van der Waals surface area contributed by atoms with Crippen molar-refractivity contribution in [2.45, 2.75) is 20.3 Å². The van der Waals surface area contributed by atoms with E-state index in [1.54, 1.807) is 0 Å². The highest BCUT2D eigenvalue weighted by Crippen LogP contribution is 2.03. The van der Waals surface area contributed by atoms with Crippen LogP contribution in [0.4, 0.5) is 0 Å². The molecule has 17 heavy (non-hydrogen) atoms. The van der Waals surface area contributed by atoms with Crippen LogP contribution in [0.5, 0.6) is 0 Å². The van der Waals surface area contributed by atoms with Crippen LogP contribution in [0.1, 0.15) is 18.1 Å². The second kappa shape index (κ2) is 7.07. The minimum absolute atomic E-state index is 0.0943. The summed E-state index contributed by atoms with van der Waals surface area (Å²) in [4.78, 5) is 11.7. The zero-order valence-corrected chi connectivity index (χ0v) is 10.9. The smallest absolute Gasteiger partial charge is 0.224 e. The average Bonchev–Trinajstić information content (AvgIpc) is 2.30. The molecule has 0 fully saturated rings. The number of carbonyl (C=O) groups excluding carboxylic acids is 1. The summed E-state index contributed by atoms with van der Waals surface area (Å²) in [6, 6.07) is 8.08. The average molecular weight is 234 g/mol. The molecule has 3 nitrogen and oxygen atoms in total. The first-order valence-corrected chi connectivity index (χ1v) is 6.08. The molecular weight excluding hydrogens is 212 g/mol. The minimum atomic E-state index is 0.0943. The summed E-state index contributed by atoms with van der Waals surface area (Å²) in [5, 5.41) is 6.05. The SMILES string of the molecule is CNCC(C)CNC(=O)Cc1ccc(C)cc1. The summed E-state index contributed by atoms with van der Waals surface area (Å²) in [5.41, 5.74) is 2.28. The van der Waals surface area contributed by atoms with Gasteiger partial charge in [-0.3, -0.25) is 4.79 Å². The van der Waals surface area contributed by atoms with Gasteiger partial charge >= 0.3 is 0 Å². The summed E-state index contributed by atoms with van der Waals surface area (Å²) in [7, 11) is 1.92. The standard InChI is InChI=1S/C14H22N2O/c1-11-4-6-13(7-5-11)8-14(17)16-10-12(2)9-15-3/h4-7,12,15H,8-10H2,1-3H3,(H,16,17). The lowest BCUT2D eigenvalue weighted by Crippen LogP contribution is -2.33. The zero-order valence-electron chi connectivity index (χ0n) is 10.9. The fourth-order valence-electron chi connectivity index (χ4n) is 1.66. The van der Waals surface area contributed by atoms with E-state index >= 15 is 0 Å². The molecule has 1 aromatic rings.